The minimum absolute atomic E-state index is 0.718. The molecular formula is C26H32ClNSi. The van der Waals surface area contributed by atoms with E-state index < -0.39 is 8.11 Å². The molecule has 0 radical (unpaired) electrons. The SMILES string of the molecule is N#Cc1ccc(-c2ccc(C3CCC(CCC4CC[SiH](Cl)CC4)CC3)cc2)cc1. The van der Waals surface area contributed by atoms with Gasteiger partial charge in [0, 0.05) is 0 Å². The van der Waals surface area contributed by atoms with Gasteiger partial charge in [-0.05, 0) is 84.3 Å². The lowest BCUT2D eigenvalue weighted by Crippen LogP contribution is -2.18. The molecule has 0 N–H and O–H groups in total. The lowest BCUT2D eigenvalue weighted by atomic mass is 9.76. The predicted molar refractivity (Wildman–Crippen MR) is 126 cm³/mol. The van der Waals surface area contributed by atoms with Crippen LogP contribution < -0.4 is 0 Å². The van der Waals surface area contributed by atoms with Crippen molar-refractivity contribution in [2.75, 3.05) is 0 Å². The summed E-state index contributed by atoms with van der Waals surface area (Å²) in [6, 6.07) is 22.0. The van der Waals surface area contributed by atoms with Crippen molar-refractivity contribution in [2.24, 2.45) is 11.8 Å². The van der Waals surface area contributed by atoms with Crippen molar-refractivity contribution in [2.45, 2.75) is 69.4 Å². The molecule has 1 saturated carbocycles. The lowest BCUT2D eigenvalue weighted by Gasteiger charge is -2.31. The van der Waals surface area contributed by atoms with E-state index in [9.17, 15) is 0 Å². The van der Waals surface area contributed by atoms with E-state index in [-0.39, 0.29) is 0 Å². The molecule has 4 rings (SSSR count). The summed E-state index contributed by atoms with van der Waals surface area (Å²) in [7, 11) is -0.804. The molecule has 2 fully saturated rings. The molecular weight excluding hydrogens is 390 g/mol. The van der Waals surface area contributed by atoms with Crippen molar-refractivity contribution in [3.63, 3.8) is 0 Å². The first-order valence-corrected chi connectivity index (χ1v) is 14.8. The first kappa shape index (κ1) is 20.7. The van der Waals surface area contributed by atoms with Gasteiger partial charge in [-0.3, -0.25) is 0 Å². The van der Waals surface area contributed by atoms with E-state index in [0.717, 1.165) is 23.3 Å². The normalized spacial score (nSPS) is 27.3. The van der Waals surface area contributed by atoms with Crippen molar-refractivity contribution in [3.05, 3.63) is 59.7 Å². The highest BCUT2D eigenvalue weighted by molar-refractivity contribution is 7.07. The molecule has 1 saturated heterocycles. The van der Waals surface area contributed by atoms with Gasteiger partial charge in [0.2, 0.25) is 0 Å². The van der Waals surface area contributed by atoms with Crippen LogP contribution in [0.25, 0.3) is 11.1 Å². The topological polar surface area (TPSA) is 23.8 Å². The highest BCUT2D eigenvalue weighted by Gasteiger charge is 2.25. The summed E-state index contributed by atoms with van der Waals surface area (Å²) in [5.41, 5.74) is 4.65. The van der Waals surface area contributed by atoms with Gasteiger partial charge < -0.3 is 0 Å². The van der Waals surface area contributed by atoms with E-state index in [2.05, 4.69) is 30.3 Å². The van der Waals surface area contributed by atoms with Gasteiger partial charge in [-0.15, -0.1) is 0 Å². The first-order chi connectivity index (χ1) is 14.2. The zero-order valence-electron chi connectivity index (χ0n) is 17.3. The van der Waals surface area contributed by atoms with Gasteiger partial charge in [-0.1, -0.05) is 62.1 Å². The second-order valence-electron chi connectivity index (χ2n) is 9.22. The maximum Gasteiger partial charge on any atom is 0.141 e. The summed E-state index contributed by atoms with van der Waals surface area (Å²) in [6.45, 7) is 0. The highest BCUT2D eigenvalue weighted by Crippen LogP contribution is 2.40. The van der Waals surface area contributed by atoms with Crippen LogP contribution >= 0.6 is 11.1 Å². The Bertz CT molecular complexity index is 807. The Kier molecular flexibility index (Phi) is 7.11. The molecule has 0 atom stereocenters. The summed E-state index contributed by atoms with van der Waals surface area (Å²) >= 11 is 6.39. The van der Waals surface area contributed by atoms with Crippen LogP contribution in [-0.4, -0.2) is 8.11 Å². The van der Waals surface area contributed by atoms with Gasteiger partial charge in [0.1, 0.15) is 8.11 Å². The van der Waals surface area contributed by atoms with Crippen molar-refractivity contribution in [1.29, 1.82) is 5.26 Å². The number of nitrogens with zero attached hydrogens (tertiary/aromatic N) is 1. The summed E-state index contributed by atoms with van der Waals surface area (Å²) in [6.07, 6.45) is 11.2. The number of nitriles is 1. The van der Waals surface area contributed by atoms with Crippen LogP contribution in [0.4, 0.5) is 0 Å². The highest BCUT2D eigenvalue weighted by atomic mass is 35.6. The Morgan fingerprint density at radius 2 is 1.28 bits per heavy atom. The smallest absolute Gasteiger partial charge is 0.141 e. The molecule has 1 aliphatic carbocycles. The first-order valence-electron chi connectivity index (χ1n) is 11.5. The standard InChI is InChI=1S/C26H32ClNSi/c27-29-17-15-21(16-18-29)2-1-20-3-7-23(8-4-20)25-11-13-26(14-12-25)24-9-5-22(19-28)6-10-24/h5-6,9-14,20-21,23,29H,1-4,7-8,15-18H2. The molecule has 0 bridgehead atoms. The van der Waals surface area contributed by atoms with Crippen molar-refractivity contribution in [3.8, 4) is 17.2 Å². The van der Waals surface area contributed by atoms with Gasteiger partial charge in [0.15, 0.2) is 0 Å². The van der Waals surface area contributed by atoms with Gasteiger partial charge in [0.05, 0.1) is 11.6 Å². The Balaban J connectivity index is 1.25. The van der Waals surface area contributed by atoms with Crippen LogP contribution in [0.2, 0.25) is 12.1 Å². The Hall–Kier alpha value is -1.56. The molecule has 1 nitrogen and oxygen atoms in total. The average Bonchev–Trinajstić information content (AvgIpc) is 2.79. The molecule has 0 aromatic heterocycles. The van der Waals surface area contributed by atoms with E-state index >= 15 is 0 Å². The maximum atomic E-state index is 8.95. The van der Waals surface area contributed by atoms with Crippen molar-refractivity contribution < 1.29 is 0 Å². The van der Waals surface area contributed by atoms with Crippen LogP contribution in [0, 0.1) is 23.2 Å². The number of halogens is 1. The van der Waals surface area contributed by atoms with Gasteiger partial charge >= 0.3 is 0 Å². The minimum Gasteiger partial charge on any atom is -0.192 e. The second kappa shape index (κ2) is 9.96. The molecule has 2 aromatic carbocycles. The molecule has 0 spiro atoms. The van der Waals surface area contributed by atoms with Crippen LogP contribution in [-0.2, 0) is 0 Å². The number of hydrogen-bond acceptors (Lipinski definition) is 1. The van der Waals surface area contributed by atoms with E-state index in [1.54, 1.807) is 0 Å². The zero-order valence-corrected chi connectivity index (χ0v) is 19.2. The maximum absolute atomic E-state index is 8.95. The number of rotatable bonds is 5. The van der Waals surface area contributed by atoms with Gasteiger partial charge in [-0.25, -0.2) is 0 Å². The Labute approximate surface area is 182 Å². The summed E-state index contributed by atoms with van der Waals surface area (Å²) in [5.74, 6) is 2.67. The second-order valence-corrected chi connectivity index (χ2v) is 13.4. The lowest BCUT2D eigenvalue weighted by molar-refractivity contribution is 0.280. The van der Waals surface area contributed by atoms with Crippen molar-refractivity contribution in [1.82, 2.24) is 0 Å². The fourth-order valence-electron chi connectivity index (χ4n) is 5.35. The van der Waals surface area contributed by atoms with E-state index in [1.807, 2.05) is 24.3 Å². The molecule has 2 aromatic rings. The van der Waals surface area contributed by atoms with E-state index in [1.165, 1.54) is 80.1 Å². The molecule has 152 valence electrons. The molecule has 29 heavy (non-hydrogen) atoms. The third-order valence-corrected chi connectivity index (χ3v) is 10.6. The third kappa shape index (κ3) is 5.53. The van der Waals surface area contributed by atoms with Gasteiger partial charge in [-0.2, -0.15) is 16.3 Å². The van der Waals surface area contributed by atoms with Crippen LogP contribution in [0.15, 0.2) is 48.5 Å². The summed E-state index contributed by atoms with van der Waals surface area (Å²) in [5, 5.41) is 8.95. The fourth-order valence-corrected chi connectivity index (χ4v) is 8.06. The third-order valence-electron chi connectivity index (χ3n) is 7.34. The van der Waals surface area contributed by atoms with Crippen LogP contribution in [0.3, 0.4) is 0 Å². The molecule has 1 heterocycles. The fraction of sp³-hybridized carbons (Fsp3) is 0.500. The predicted octanol–water partition coefficient (Wildman–Crippen LogP) is 7.65. The van der Waals surface area contributed by atoms with Crippen LogP contribution in [0.1, 0.15) is 68.4 Å². The molecule has 3 heteroatoms. The molecule has 2 aliphatic rings. The monoisotopic (exact) mass is 421 g/mol. The summed E-state index contributed by atoms with van der Waals surface area (Å²) in [4.78, 5) is 0. The Morgan fingerprint density at radius 1 is 0.759 bits per heavy atom. The Morgan fingerprint density at radius 3 is 1.83 bits per heavy atom. The molecule has 0 amide bonds. The van der Waals surface area contributed by atoms with Gasteiger partial charge in [0.25, 0.3) is 0 Å². The number of hydrogen-bond donors (Lipinski definition) is 0. The largest absolute Gasteiger partial charge is 0.192 e. The number of benzene rings is 2. The average molecular weight is 422 g/mol. The minimum atomic E-state index is -0.804. The molecule has 0 unspecified atom stereocenters. The van der Waals surface area contributed by atoms with Crippen molar-refractivity contribution >= 4 is 19.2 Å². The summed E-state index contributed by atoms with van der Waals surface area (Å²) < 4.78 is 0. The quantitative estimate of drug-likeness (QED) is 0.359. The van der Waals surface area contributed by atoms with Crippen LogP contribution in [0.5, 0.6) is 0 Å². The zero-order chi connectivity index (χ0) is 20.1. The molecule has 1 aliphatic heterocycles. The van der Waals surface area contributed by atoms with E-state index in [0.29, 0.717) is 0 Å². The van der Waals surface area contributed by atoms with E-state index in [4.69, 9.17) is 16.3 Å².